The predicted octanol–water partition coefficient (Wildman–Crippen LogP) is 4.89. The fourth-order valence-corrected chi connectivity index (χ4v) is 4.53. The smallest absolute Gasteiger partial charge is 0.313 e. The maximum Gasteiger partial charge on any atom is 0.313 e. The topological polar surface area (TPSA) is 52.6 Å². The molecule has 1 unspecified atom stereocenters. The summed E-state index contributed by atoms with van der Waals surface area (Å²) in [5.41, 5.74) is 0.431. The second-order valence-corrected chi connectivity index (χ2v) is 8.25. The summed E-state index contributed by atoms with van der Waals surface area (Å²) in [4.78, 5) is 24.1. The molecule has 2 aliphatic rings. The van der Waals surface area contributed by atoms with Crippen LogP contribution in [-0.2, 0) is 20.7 Å². The standard InChI is InChI=1S/C21H27ClO4/c1-14(2)25-19-8-7-15(11-18(19)22)9-10-21(16-5-3-4-6-16)13-17(23)12-20(24)26-21/h7-8,11,14,16H,3-6,9-10,12-13H2,1-2H3. The molecular weight excluding hydrogens is 352 g/mol. The average molecular weight is 379 g/mol. The number of ketones is 1. The first kappa shape index (κ1) is 19.2. The van der Waals surface area contributed by atoms with E-state index in [-0.39, 0.29) is 30.2 Å². The van der Waals surface area contributed by atoms with E-state index in [1.54, 1.807) is 0 Å². The highest BCUT2D eigenvalue weighted by Crippen LogP contribution is 2.44. The van der Waals surface area contributed by atoms with Crippen LogP contribution in [0, 0.1) is 5.92 Å². The minimum atomic E-state index is -0.636. The number of hydrogen-bond donors (Lipinski definition) is 0. The number of carbonyl (C=O) groups excluding carboxylic acids is 2. The van der Waals surface area contributed by atoms with Gasteiger partial charge in [-0.1, -0.05) is 30.5 Å². The van der Waals surface area contributed by atoms with Gasteiger partial charge in [0.2, 0.25) is 0 Å². The molecule has 0 N–H and O–H groups in total. The second-order valence-electron chi connectivity index (χ2n) is 7.84. The highest BCUT2D eigenvalue weighted by atomic mass is 35.5. The van der Waals surface area contributed by atoms with Gasteiger partial charge in [0, 0.05) is 6.42 Å². The van der Waals surface area contributed by atoms with Crippen LogP contribution < -0.4 is 4.74 Å². The number of aryl methyl sites for hydroxylation is 1. The van der Waals surface area contributed by atoms with Gasteiger partial charge in [0.25, 0.3) is 0 Å². The SMILES string of the molecule is CC(C)Oc1ccc(CCC2(C3CCCC3)CC(=O)CC(=O)O2)cc1Cl. The number of halogens is 1. The van der Waals surface area contributed by atoms with Crippen molar-refractivity contribution >= 4 is 23.4 Å². The van der Waals surface area contributed by atoms with Gasteiger partial charge in [-0.05, 0) is 63.1 Å². The van der Waals surface area contributed by atoms with E-state index in [4.69, 9.17) is 21.1 Å². The highest BCUT2D eigenvalue weighted by molar-refractivity contribution is 6.32. The van der Waals surface area contributed by atoms with Crippen LogP contribution in [0.3, 0.4) is 0 Å². The number of esters is 1. The molecule has 0 spiro atoms. The zero-order valence-electron chi connectivity index (χ0n) is 15.6. The van der Waals surface area contributed by atoms with E-state index < -0.39 is 5.60 Å². The molecule has 142 valence electrons. The Morgan fingerprint density at radius 1 is 1.27 bits per heavy atom. The lowest BCUT2D eigenvalue weighted by atomic mass is 9.76. The molecule has 26 heavy (non-hydrogen) atoms. The van der Waals surface area contributed by atoms with Crippen LogP contribution in [0.25, 0.3) is 0 Å². The summed E-state index contributed by atoms with van der Waals surface area (Å²) in [6.07, 6.45) is 6.07. The molecule has 1 aromatic rings. The van der Waals surface area contributed by atoms with Gasteiger partial charge in [-0.15, -0.1) is 0 Å². The Morgan fingerprint density at radius 2 is 2.00 bits per heavy atom. The van der Waals surface area contributed by atoms with Crippen molar-refractivity contribution in [2.24, 2.45) is 5.92 Å². The first-order valence-electron chi connectivity index (χ1n) is 9.56. The summed E-state index contributed by atoms with van der Waals surface area (Å²) in [6.45, 7) is 3.92. The minimum Gasteiger partial charge on any atom is -0.489 e. The van der Waals surface area contributed by atoms with E-state index >= 15 is 0 Å². The first-order chi connectivity index (χ1) is 12.4. The number of ether oxygens (including phenoxy) is 2. The largest absolute Gasteiger partial charge is 0.489 e. The van der Waals surface area contributed by atoms with E-state index in [2.05, 4.69) is 0 Å². The molecule has 2 fully saturated rings. The molecule has 1 aliphatic heterocycles. The van der Waals surface area contributed by atoms with Gasteiger partial charge in [-0.3, -0.25) is 9.59 Å². The van der Waals surface area contributed by atoms with Crippen molar-refractivity contribution in [2.75, 3.05) is 0 Å². The molecule has 5 heteroatoms. The zero-order valence-corrected chi connectivity index (χ0v) is 16.3. The lowest BCUT2D eigenvalue weighted by Gasteiger charge is -2.41. The maximum absolute atomic E-state index is 12.1. The van der Waals surface area contributed by atoms with Gasteiger partial charge < -0.3 is 9.47 Å². The van der Waals surface area contributed by atoms with Crippen LogP contribution >= 0.6 is 11.6 Å². The van der Waals surface area contributed by atoms with E-state index in [0.29, 0.717) is 23.6 Å². The number of Topliss-reactive ketones (excluding diaryl/α,β-unsaturated/α-hetero) is 1. The number of rotatable bonds is 6. The fourth-order valence-electron chi connectivity index (χ4n) is 4.28. The summed E-state index contributed by atoms with van der Waals surface area (Å²) in [5.74, 6) is 0.601. The first-order valence-corrected chi connectivity index (χ1v) is 9.94. The van der Waals surface area contributed by atoms with Gasteiger partial charge in [0.15, 0.2) is 0 Å². The fraction of sp³-hybridized carbons (Fsp3) is 0.619. The van der Waals surface area contributed by atoms with Gasteiger partial charge in [0.1, 0.15) is 23.6 Å². The summed E-state index contributed by atoms with van der Waals surface area (Å²) >= 11 is 6.34. The van der Waals surface area contributed by atoms with Crippen molar-refractivity contribution in [3.8, 4) is 5.75 Å². The molecule has 4 nitrogen and oxygen atoms in total. The third kappa shape index (κ3) is 4.40. The molecule has 0 amide bonds. The Balaban J connectivity index is 1.74. The van der Waals surface area contributed by atoms with E-state index in [0.717, 1.165) is 37.7 Å². The van der Waals surface area contributed by atoms with Gasteiger partial charge >= 0.3 is 5.97 Å². The van der Waals surface area contributed by atoms with Crippen LogP contribution in [0.2, 0.25) is 5.02 Å². The van der Waals surface area contributed by atoms with Crippen molar-refractivity contribution in [3.05, 3.63) is 28.8 Å². The number of cyclic esters (lactones) is 1. The minimum absolute atomic E-state index is 0.00636. The quantitative estimate of drug-likeness (QED) is 0.522. The van der Waals surface area contributed by atoms with Crippen LogP contribution in [0.4, 0.5) is 0 Å². The molecule has 1 saturated heterocycles. The van der Waals surface area contributed by atoms with Crippen LogP contribution in [0.5, 0.6) is 5.75 Å². The van der Waals surface area contributed by atoms with Crippen molar-refractivity contribution in [1.82, 2.24) is 0 Å². The summed E-state index contributed by atoms with van der Waals surface area (Å²) in [7, 11) is 0. The van der Waals surface area contributed by atoms with Crippen molar-refractivity contribution in [2.45, 2.75) is 76.9 Å². The molecular formula is C21H27ClO4. The number of hydrogen-bond acceptors (Lipinski definition) is 4. The number of benzene rings is 1. The van der Waals surface area contributed by atoms with E-state index in [1.807, 2.05) is 32.0 Å². The number of carbonyl (C=O) groups is 2. The molecule has 1 saturated carbocycles. The lowest BCUT2D eigenvalue weighted by Crippen LogP contribution is -2.48. The average Bonchev–Trinajstić information content (AvgIpc) is 3.09. The monoisotopic (exact) mass is 378 g/mol. The van der Waals surface area contributed by atoms with Gasteiger partial charge in [-0.2, -0.15) is 0 Å². The molecule has 1 heterocycles. The Hall–Kier alpha value is -1.55. The molecule has 1 aromatic carbocycles. The molecule has 1 aliphatic carbocycles. The Bertz CT molecular complexity index is 661. The van der Waals surface area contributed by atoms with Crippen LogP contribution in [0.15, 0.2) is 18.2 Å². The Labute approximate surface area is 160 Å². The lowest BCUT2D eigenvalue weighted by molar-refractivity contribution is -0.178. The van der Waals surface area contributed by atoms with E-state index in [1.165, 1.54) is 0 Å². The predicted molar refractivity (Wildman–Crippen MR) is 101 cm³/mol. The van der Waals surface area contributed by atoms with Crippen molar-refractivity contribution in [3.63, 3.8) is 0 Å². The van der Waals surface area contributed by atoms with Crippen LogP contribution in [0.1, 0.15) is 64.4 Å². The second kappa shape index (κ2) is 7.99. The maximum atomic E-state index is 12.1. The molecule has 1 atom stereocenters. The third-order valence-corrected chi connectivity index (χ3v) is 5.75. The zero-order chi connectivity index (χ0) is 18.7. The Kier molecular flexibility index (Phi) is 5.91. The summed E-state index contributed by atoms with van der Waals surface area (Å²) < 4.78 is 11.5. The third-order valence-electron chi connectivity index (χ3n) is 5.45. The normalized spacial score (nSPS) is 24.2. The highest BCUT2D eigenvalue weighted by Gasteiger charge is 2.47. The molecule has 0 bridgehead atoms. The summed E-state index contributed by atoms with van der Waals surface area (Å²) in [6, 6.07) is 5.80. The van der Waals surface area contributed by atoms with Crippen molar-refractivity contribution < 1.29 is 19.1 Å². The van der Waals surface area contributed by atoms with Gasteiger partial charge in [0.05, 0.1) is 11.1 Å². The molecule has 0 radical (unpaired) electrons. The summed E-state index contributed by atoms with van der Waals surface area (Å²) in [5, 5.41) is 0.586. The molecule has 3 rings (SSSR count). The van der Waals surface area contributed by atoms with E-state index in [9.17, 15) is 9.59 Å². The Morgan fingerprint density at radius 3 is 2.62 bits per heavy atom. The molecule has 0 aromatic heterocycles. The van der Waals surface area contributed by atoms with Gasteiger partial charge in [-0.25, -0.2) is 0 Å². The van der Waals surface area contributed by atoms with Crippen LogP contribution in [-0.4, -0.2) is 23.5 Å². The van der Waals surface area contributed by atoms with Crippen molar-refractivity contribution in [1.29, 1.82) is 0 Å².